The summed E-state index contributed by atoms with van der Waals surface area (Å²) in [4.78, 5) is 3.65. The summed E-state index contributed by atoms with van der Waals surface area (Å²) >= 11 is 0. The number of halogens is 3. The van der Waals surface area contributed by atoms with Gasteiger partial charge < -0.3 is 15.0 Å². The molecular formula is C12H18F3N3O. The van der Waals surface area contributed by atoms with Gasteiger partial charge in [-0.05, 0) is 19.4 Å². The van der Waals surface area contributed by atoms with Crippen LogP contribution in [0.25, 0.3) is 0 Å². The van der Waals surface area contributed by atoms with E-state index in [0.29, 0.717) is 6.04 Å². The van der Waals surface area contributed by atoms with Gasteiger partial charge in [-0.2, -0.15) is 13.2 Å². The average Bonchev–Trinajstić information content (AvgIpc) is 2.66. The van der Waals surface area contributed by atoms with Crippen molar-refractivity contribution in [3.63, 3.8) is 0 Å². The highest BCUT2D eigenvalue weighted by Crippen LogP contribution is 2.40. The van der Waals surface area contributed by atoms with E-state index in [1.165, 1.54) is 24.0 Å². The van der Waals surface area contributed by atoms with Crippen LogP contribution in [0.5, 0.6) is 0 Å². The zero-order valence-corrected chi connectivity index (χ0v) is 10.7. The Morgan fingerprint density at radius 1 is 1.47 bits per heavy atom. The van der Waals surface area contributed by atoms with E-state index in [9.17, 15) is 18.3 Å². The Morgan fingerprint density at radius 2 is 2.16 bits per heavy atom. The van der Waals surface area contributed by atoms with Gasteiger partial charge in [0.25, 0.3) is 0 Å². The zero-order chi connectivity index (χ0) is 14.1. The van der Waals surface area contributed by atoms with Crippen LogP contribution < -0.4 is 5.32 Å². The molecule has 0 aromatic carbocycles. The number of rotatable bonds is 5. The van der Waals surface area contributed by atoms with E-state index in [0.717, 1.165) is 19.3 Å². The summed E-state index contributed by atoms with van der Waals surface area (Å²) in [6.07, 6.45) is 0.572. The van der Waals surface area contributed by atoms with Crippen molar-refractivity contribution in [2.75, 3.05) is 6.54 Å². The standard InChI is InChI=1S/C12H18F3N3O/c1-18-8-7-17-10(18)11(19,12(13,14)15)5-6-16-9-3-2-4-9/h7-9,16,19H,2-6H2,1H3. The Kier molecular flexibility index (Phi) is 3.87. The van der Waals surface area contributed by atoms with E-state index in [4.69, 9.17) is 0 Å². The fourth-order valence-corrected chi connectivity index (χ4v) is 2.21. The predicted octanol–water partition coefficient (Wildman–Crippen LogP) is 1.70. The van der Waals surface area contributed by atoms with Gasteiger partial charge >= 0.3 is 6.18 Å². The summed E-state index contributed by atoms with van der Waals surface area (Å²) in [5.41, 5.74) is -2.90. The van der Waals surface area contributed by atoms with Crippen LogP contribution in [-0.4, -0.2) is 33.4 Å². The van der Waals surface area contributed by atoms with Gasteiger partial charge in [0.15, 0.2) is 0 Å². The van der Waals surface area contributed by atoms with Crippen LogP contribution in [0.15, 0.2) is 12.4 Å². The van der Waals surface area contributed by atoms with Gasteiger partial charge in [-0.25, -0.2) is 4.98 Å². The van der Waals surface area contributed by atoms with Crippen molar-refractivity contribution in [3.05, 3.63) is 18.2 Å². The first-order valence-corrected chi connectivity index (χ1v) is 6.35. The number of alkyl halides is 3. The summed E-state index contributed by atoms with van der Waals surface area (Å²) in [5.74, 6) is -0.365. The molecular weight excluding hydrogens is 259 g/mol. The molecule has 108 valence electrons. The van der Waals surface area contributed by atoms with Gasteiger partial charge in [0.2, 0.25) is 5.60 Å². The van der Waals surface area contributed by atoms with Crippen molar-refractivity contribution in [3.8, 4) is 0 Å². The van der Waals surface area contributed by atoms with Crippen LogP contribution in [0.1, 0.15) is 31.5 Å². The lowest BCUT2D eigenvalue weighted by Gasteiger charge is -2.32. The maximum absolute atomic E-state index is 13.1. The van der Waals surface area contributed by atoms with Crippen molar-refractivity contribution in [2.45, 2.75) is 43.5 Å². The number of nitrogens with one attached hydrogen (secondary N) is 1. The highest BCUT2D eigenvalue weighted by molar-refractivity contribution is 5.08. The minimum Gasteiger partial charge on any atom is -0.374 e. The molecule has 1 aromatic rings. The maximum Gasteiger partial charge on any atom is 0.424 e. The van der Waals surface area contributed by atoms with Crippen LogP contribution in [0.3, 0.4) is 0 Å². The molecule has 1 aromatic heterocycles. The molecule has 1 aliphatic carbocycles. The fraction of sp³-hybridized carbons (Fsp3) is 0.750. The Hall–Kier alpha value is -1.08. The Bertz CT molecular complexity index is 428. The topological polar surface area (TPSA) is 50.1 Å². The first-order valence-electron chi connectivity index (χ1n) is 6.35. The minimum absolute atomic E-state index is 0.119. The van der Waals surface area contributed by atoms with Gasteiger partial charge in [0.05, 0.1) is 0 Å². The molecule has 4 nitrogen and oxygen atoms in total. The molecule has 0 spiro atoms. The van der Waals surface area contributed by atoms with E-state index >= 15 is 0 Å². The number of hydrogen-bond acceptors (Lipinski definition) is 3. The van der Waals surface area contributed by atoms with Gasteiger partial charge in [0.1, 0.15) is 5.82 Å². The van der Waals surface area contributed by atoms with E-state index in [1.54, 1.807) is 0 Å². The summed E-state index contributed by atoms with van der Waals surface area (Å²) in [5, 5.41) is 13.1. The number of nitrogens with zero attached hydrogens (tertiary/aromatic N) is 2. The fourth-order valence-electron chi connectivity index (χ4n) is 2.21. The third kappa shape index (κ3) is 2.76. The molecule has 7 heteroatoms. The van der Waals surface area contributed by atoms with Crippen LogP contribution in [0.2, 0.25) is 0 Å². The summed E-state index contributed by atoms with van der Waals surface area (Å²) < 4.78 is 40.6. The lowest BCUT2D eigenvalue weighted by Crippen LogP contribution is -2.47. The molecule has 1 aliphatic rings. The second-order valence-corrected chi connectivity index (χ2v) is 5.05. The van der Waals surface area contributed by atoms with Gasteiger partial charge in [-0.1, -0.05) is 6.42 Å². The van der Waals surface area contributed by atoms with E-state index in [1.807, 2.05) is 0 Å². The van der Waals surface area contributed by atoms with E-state index in [2.05, 4.69) is 10.3 Å². The van der Waals surface area contributed by atoms with Crippen LogP contribution in [0.4, 0.5) is 13.2 Å². The molecule has 0 bridgehead atoms. The molecule has 0 radical (unpaired) electrons. The van der Waals surface area contributed by atoms with Crippen molar-refractivity contribution in [1.82, 2.24) is 14.9 Å². The van der Waals surface area contributed by atoms with Crippen LogP contribution in [-0.2, 0) is 12.6 Å². The number of aromatic nitrogens is 2. The second-order valence-electron chi connectivity index (χ2n) is 5.05. The normalized spacial score (nSPS) is 20.1. The third-order valence-electron chi connectivity index (χ3n) is 3.69. The highest BCUT2D eigenvalue weighted by atomic mass is 19.4. The summed E-state index contributed by atoms with van der Waals surface area (Å²) in [6, 6.07) is 0.291. The second kappa shape index (κ2) is 5.13. The predicted molar refractivity (Wildman–Crippen MR) is 63.4 cm³/mol. The largest absolute Gasteiger partial charge is 0.424 e. The molecule has 19 heavy (non-hydrogen) atoms. The van der Waals surface area contributed by atoms with Crippen molar-refractivity contribution in [2.24, 2.45) is 7.05 Å². The Labute approximate surface area is 109 Å². The van der Waals surface area contributed by atoms with Crippen molar-refractivity contribution in [1.29, 1.82) is 0 Å². The number of aryl methyl sites for hydroxylation is 1. The van der Waals surface area contributed by atoms with Gasteiger partial charge in [-0.15, -0.1) is 0 Å². The van der Waals surface area contributed by atoms with Crippen molar-refractivity contribution >= 4 is 0 Å². The minimum atomic E-state index is -4.74. The quantitative estimate of drug-likeness (QED) is 0.861. The summed E-state index contributed by atoms with van der Waals surface area (Å²) in [7, 11) is 1.44. The van der Waals surface area contributed by atoms with Gasteiger partial charge in [-0.3, -0.25) is 0 Å². The average molecular weight is 277 g/mol. The Balaban J connectivity index is 2.08. The van der Waals surface area contributed by atoms with Crippen LogP contribution in [0, 0.1) is 0 Å². The molecule has 1 fully saturated rings. The molecule has 0 saturated heterocycles. The molecule has 1 unspecified atom stereocenters. The third-order valence-corrected chi connectivity index (χ3v) is 3.69. The Morgan fingerprint density at radius 3 is 2.58 bits per heavy atom. The SMILES string of the molecule is Cn1ccnc1C(O)(CCNC1CCC1)C(F)(F)F. The van der Waals surface area contributed by atoms with E-state index < -0.39 is 18.2 Å². The zero-order valence-electron chi connectivity index (χ0n) is 10.7. The summed E-state index contributed by atoms with van der Waals surface area (Å²) in [6.45, 7) is 0.119. The number of imidazole rings is 1. The molecule has 1 saturated carbocycles. The lowest BCUT2D eigenvalue weighted by molar-refractivity contribution is -0.272. The first kappa shape index (κ1) is 14.3. The number of aliphatic hydroxyl groups is 1. The maximum atomic E-state index is 13.1. The lowest BCUT2D eigenvalue weighted by atomic mass is 9.92. The van der Waals surface area contributed by atoms with Crippen LogP contribution >= 0.6 is 0 Å². The van der Waals surface area contributed by atoms with Crippen molar-refractivity contribution < 1.29 is 18.3 Å². The molecule has 2 N–H and O–H groups in total. The smallest absolute Gasteiger partial charge is 0.374 e. The molecule has 1 heterocycles. The molecule has 1 atom stereocenters. The first-order chi connectivity index (χ1) is 8.84. The van der Waals surface area contributed by atoms with E-state index in [-0.39, 0.29) is 12.4 Å². The molecule has 0 amide bonds. The number of hydrogen-bond donors (Lipinski definition) is 2. The molecule has 0 aliphatic heterocycles. The highest BCUT2D eigenvalue weighted by Gasteiger charge is 2.57. The van der Waals surface area contributed by atoms with Gasteiger partial charge in [0, 0.05) is 31.9 Å². The molecule has 2 rings (SSSR count). The monoisotopic (exact) mass is 277 g/mol.